The molecule has 0 unspecified atom stereocenters. The summed E-state index contributed by atoms with van der Waals surface area (Å²) in [6.45, 7) is 3.32. The first kappa shape index (κ1) is 13.7. The molecule has 0 atom stereocenters. The van der Waals surface area contributed by atoms with Crippen LogP contribution in [0.5, 0.6) is 0 Å². The van der Waals surface area contributed by atoms with Crippen molar-refractivity contribution in [3.8, 4) is 0 Å². The Morgan fingerprint density at radius 2 is 1.85 bits per heavy atom. The van der Waals surface area contributed by atoms with Crippen LogP contribution in [0.4, 0.5) is 0 Å². The van der Waals surface area contributed by atoms with Gasteiger partial charge in [0, 0.05) is 16.6 Å². The summed E-state index contributed by atoms with van der Waals surface area (Å²) in [4.78, 5) is 3.60. The van der Waals surface area contributed by atoms with Crippen molar-refractivity contribution in [2.45, 2.75) is 51.9 Å². The molecule has 2 heteroatoms. The fourth-order valence-corrected chi connectivity index (χ4v) is 3.56. The number of nitrogens with one attached hydrogen (secondary N) is 2. The first-order chi connectivity index (χ1) is 9.79. The Morgan fingerprint density at radius 3 is 2.60 bits per heavy atom. The molecule has 1 aromatic carbocycles. The van der Waals surface area contributed by atoms with Crippen molar-refractivity contribution >= 4 is 10.9 Å². The molecule has 1 heterocycles. The fourth-order valence-electron chi connectivity index (χ4n) is 3.56. The Balaban J connectivity index is 1.98. The third-order valence-electron chi connectivity index (χ3n) is 4.69. The zero-order chi connectivity index (χ0) is 13.9. The van der Waals surface area contributed by atoms with Crippen LogP contribution < -0.4 is 5.32 Å². The van der Waals surface area contributed by atoms with Gasteiger partial charge in [-0.25, -0.2) is 0 Å². The standard InChI is InChI=1S/C18H26N2/c1-13-16(9-6-10-19-2)17-11-14-7-4-3-5-8-15(14)12-18(17)20-13/h11-12,19-20H,3-10H2,1-2H3. The number of hydrogen-bond acceptors (Lipinski definition) is 1. The molecule has 2 N–H and O–H groups in total. The number of benzene rings is 1. The molecule has 0 saturated heterocycles. The molecule has 3 rings (SSSR count). The Bertz CT molecular complexity index is 595. The van der Waals surface area contributed by atoms with Crippen LogP contribution in [0.2, 0.25) is 0 Å². The van der Waals surface area contributed by atoms with Crippen molar-refractivity contribution in [2.75, 3.05) is 13.6 Å². The maximum Gasteiger partial charge on any atom is 0.0461 e. The molecule has 2 nitrogen and oxygen atoms in total. The third kappa shape index (κ3) is 2.62. The minimum absolute atomic E-state index is 1.09. The second-order valence-corrected chi connectivity index (χ2v) is 6.16. The lowest BCUT2D eigenvalue weighted by Gasteiger charge is -2.07. The van der Waals surface area contributed by atoms with Crippen LogP contribution in [0.15, 0.2) is 12.1 Å². The van der Waals surface area contributed by atoms with Gasteiger partial charge in [-0.15, -0.1) is 0 Å². The van der Waals surface area contributed by atoms with Gasteiger partial charge < -0.3 is 10.3 Å². The maximum atomic E-state index is 3.60. The largest absolute Gasteiger partial charge is 0.358 e. The molecule has 0 saturated carbocycles. The first-order valence-corrected chi connectivity index (χ1v) is 8.07. The number of rotatable bonds is 4. The van der Waals surface area contributed by atoms with Crippen LogP contribution in [0.1, 0.15) is 48.1 Å². The smallest absolute Gasteiger partial charge is 0.0461 e. The van der Waals surface area contributed by atoms with Gasteiger partial charge in [-0.1, -0.05) is 6.42 Å². The van der Waals surface area contributed by atoms with Gasteiger partial charge in [0.15, 0.2) is 0 Å². The molecule has 0 radical (unpaired) electrons. The zero-order valence-corrected chi connectivity index (χ0v) is 12.8. The molecule has 0 aliphatic heterocycles. The molecule has 20 heavy (non-hydrogen) atoms. The van der Waals surface area contributed by atoms with E-state index in [9.17, 15) is 0 Å². The number of aromatic nitrogens is 1. The van der Waals surface area contributed by atoms with Crippen LogP contribution >= 0.6 is 0 Å². The van der Waals surface area contributed by atoms with Gasteiger partial charge >= 0.3 is 0 Å². The van der Waals surface area contributed by atoms with Crippen LogP contribution in [-0.2, 0) is 19.3 Å². The summed E-state index contributed by atoms with van der Waals surface area (Å²) in [7, 11) is 2.03. The molecule has 108 valence electrons. The predicted octanol–water partition coefficient (Wildman–Crippen LogP) is 3.90. The predicted molar refractivity (Wildman–Crippen MR) is 86.5 cm³/mol. The van der Waals surface area contributed by atoms with Gasteiger partial charge in [-0.3, -0.25) is 0 Å². The highest BCUT2D eigenvalue weighted by atomic mass is 14.8. The lowest BCUT2D eigenvalue weighted by molar-refractivity contribution is 0.711. The van der Waals surface area contributed by atoms with Crippen molar-refractivity contribution < 1.29 is 0 Å². The number of aromatic amines is 1. The van der Waals surface area contributed by atoms with E-state index in [1.54, 1.807) is 11.1 Å². The van der Waals surface area contributed by atoms with Gasteiger partial charge in [0.25, 0.3) is 0 Å². The van der Waals surface area contributed by atoms with E-state index in [4.69, 9.17) is 0 Å². The minimum atomic E-state index is 1.09. The average molecular weight is 270 g/mol. The van der Waals surface area contributed by atoms with Gasteiger partial charge in [0.05, 0.1) is 0 Å². The van der Waals surface area contributed by atoms with Crippen molar-refractivity contribution in [1.29, 1.82) is 0 Å². The third-order valence-corrected chi connectivity index (χ3v) is 4.69. The number of aryl methyl sites for hydroxylation is 4. The van der Waals surface area contributed by atoms with Crippen LogP contribution in [0.25, 0.3) is 10.9 Å². The highest BCUT2D eigenvalue weighted by Crippen LogP contribution is 2.30. The summed E-state index contributed by atoms with van der Waals surface area (Å²) in [6.07, 6.45) is 9.01. The molecule has 1 aromatic heterocycles. The average Bonchev–Trinajstić information content (AvgIpc) is 2.62. The second-order valence-electron chi connectivity index (χ2n) is 6.16. The molecule has 0 amide bonds. The Hall–Kier alpha value is -1.28. The number of fused-ring (bicyclic) bond motifs is 2. The molecule has 0 fully saturated rings. The minimum Gasteiger partial charge on any atom is -0.358 e. The van der Waals surface area contributed by atoms with Crippen molar-refractivity contribution in [3.05, 3.63) is 34.5 Å². The van der Waals surface area contributed by atoms with Crippen molar-refractivity contribution in [3.63, 3.8) is 0 Å². The molecule has 0 bridgehead atoms. The lowest BCUT2D eigenvalue weighted by atomic mass is 9.97. The fraction of sp³-hybridized carbons (Fsp3) is 0.556. The second kappa shape index (κ2) is 6.01. The SMILES string of the molecule is CNCCCc1c(C)[nH]c2cc3c(cc12)CCCCC3. The van der Waals surface area contributed by atoms with E-state index in [1.807, 2.05) is 7.05 Å². The molecular formula is C18H26N2. The van der Waals surface area contributed by atoms with Gasteiger partial charge in [-0.2, -0.15) is 0 Å². The zero-order valence-electron chi connectivity index (χ0n) is 12.8. The van der Waals surface area contributed by atoms with E-state index in [-0.39, 0.29) is 0 Å². The maximum absolute atomic E-state index is 3.60. The van der Waals surface area contributed by atoms with Crippen molar-refractivity contribution in [2.24, 2.45) is 0 Å². The molecule has 0 spiro atoms. The lowest BCUT2D eigenvalue weighted by Crippen LogP contribution is -2.08. The van der Waals surface area contributed by atoms with E-state index in [0.717, 1.165) is 6.54 Å². The van der Waals surface area contributed by atoms with E-state index >= 15 is 0 Å². The van der Waals surface area contributed by atoms with Crippen LogP contribution in [0.3, 0.4) is 0 Å². The summed E-state index contributed by atoms with van der Waals surface area (Å²) in [5.41, 5.74) is 7.42. The molecule has 2 aromatic rings. The summed E-state index contributed by atoms with van der Waals surface area (Å²) in [5, 5.41) is 4.72. The highest BCUT2D eigenvalue weighted by Gasteiger charge is 2.13. The monoisotopic (exact) mass is 270 g/mol. The van der Waals surface area contributed by atoms with Gasteiger partial charge in [0.2, 0.25) is 0 Å². The molecular weight excluding hydrogens is 244 g/mol. The Labute approximate surface area is 122 Å². The van der Waals surface area contributed by atoms with Gasteiger partial charge in [0.1, 0.15) is 0 Å². The van der Waals surface area contributed by atoms with E-state index in [1.165, 1.54) is 67.1 Å². The topological polar surface area (TPSA) is 27.8 Å². The summed E-state index contributed by atoms with van der Waals surface area (Å²) in [6, 6.07) is 4.90. The molecule has 1 aliphatic carbocycles. The van der Waals surface area contributed by atoms with E-state index in [0.29, 0.717) is 0 Å². The Kier molecular flexibility index (Phi) is 4.11. The van der Waals surface area contributed by atoms with E-state index in [2.05, 4.69) is 29.4 Å². The highest BCUT2D eigenvalue weighted by molar-refractivity contribution is 5.86. The van der Waals surface area contributed by atoms with Crippen LogP contribution in [0, 0.1) is 6.92 Å². The number of H-pyrrole nitrogens is 1. The summed E-state index contributed by atoms with van der Waals surface area (Å²) >= 11 is 0. The molecule has 1 aliphatic rings. The van der Waals surface area contributed by atoms with Crippen molar-refractivity contribution in [1.82, 2.24) is 10.3 Å². The van der Waals surface area contributed by atoms with Gasteiger partial charge in [-0.05, 0) is 87.9 Å². The quantitative estimate of drug-likeness (QED) is 0.640. The first-order valence-electron chi connectivity index (χ1n) is 8.07. The number of hydrogen-bond donors (Lipinski definition) is 2. The van der Waals surface area contributed by atoms with E-state index < -0.39 is 0 Å². The Morgan fingerprint density at radius 1 is 1.10 bits per heavy atom. The summed E-state index contributed by atoms with van der Waals surface area (Å²) in [5.74, 6) is 0. The summed E-state index contributed by atoms with van der Waals surface area (Å²) < 4.78 is 0. The normalized spacial score (nSPS) is 15.3. The van der Waals surface area contributed by atoms with Crippen LogP contribution in [-0.4, -0.2) is 18.6 Å².